The largest absolute Gasteiger partial charge is 0.463 e. The lowest BCUT2D eigenvalue weighted by Crippen LogP contribution is -2.39. The Morgan fingerprint density at radius 2 is 2.07 bits per heavy atom. The highest BCUT2D eigenvalue weighted by molar-refractivity contribution is 6.64. The Morgan fingerprint density at radius 1 is 1.40 bits per heavy atom. The number of fused-ring (bicyclic) bond motifs is 1. The molecule has 1 aliphatic heterocycles. The zero-order valence-corrected chi connectivity index (χ0v) is 9.25. The zero-order chi connectivity index (χ0) is 11.1. The Labute approximate surface area is 92.9 Å². The first kappa shape index (κ1) is 10.5. The van der Waals surface area contributed by atoms with Crippen LogP contribution >= 0.6 is 11.6 Å². The van der Waals surface area contributed by atoms with Gasteiger partial charge in [0.1, 0.15) is 5.75 Å². The number of hydrogen-bond acceptors (Lipinski definition) is 3. The van der Waals surface area contributed by atoms with Gasteiger partial charge in [-0.1, -0.05) is 18.2 Å². The summed E-state index contributed by atoms with van der Waals surface area (Å²) < 4.78 is 11.0. The molecular formula is C11H11ClO3. The number of halogens is 1. The van der Waals surface area contributed by atoms with Gasteiger partial charge in [-0.2, -0.15) is 0 Å². The van der Waals surface area contributed by atoms with E-state index in [-0.39, 0.29) is 0 Å². The molecular weight excluding hydrogens is 216 g/mol. The van der Waals surface area contributed by atoms with Gasteiger partial charge in [-0.3, -0.25) is 4.79 Å². The molecule has 1 aromatic rings. The summed E-state index contributed by atoms with van der Waals surface area (Å²) in [5, 5.41) is -0.529. The SMILES string of the molecule is CC1(C)Oc2ccccc2C(C(=O)Cl)O1. The van der Waals surface area contributed by atoms with Gasteiger partial charge < -0.3 is 9.47 Å². The molecule has 1 unspecified atom stereocenters. The van der Waals surface area contributed by atoms with Crippen molar-refractivity contribution in [1.29, 1.82) is 0 Å². The molecule has 0 bridgehead atoms. The van der Waals surface area contributed by atoms with Crippen LogP contribution in [0.2, 0.25) is 0 Å². The van der Waals surface area contributed by atoms with Crippen molar-refractivity contribution in [2.45, 2.75) is 25.7 Å². The van der Waals surface area contributed by atoms with E-state index >= 15 is 0 Å². The summed E-state index contributed by atoms with van der Waals surface area (Å²) in [6.07, 6.45) is -0.744. The van der Waals surface area contributed by atoms with Gasteiger partial charge in [0.25, 0.3) is 5.24 Å². The predicted molar refractivity (Wildman–Crippen MR) is 55.8 cm³/mol. The van der Waals surface area contributed by atoms with Crippen LogP contribution in [0.25, 0.3) is 0 Å². The summed E-state index contributed by atoms with van der Waals surface area (Å²) in [7, 11) is 0. The van der Waals surface area contributed by atoms with Crippen LogP contribution in [0.4, 0.5) is 0 Å². The van der Waals surface area contributed by atoms with E-state index in [9.17, 15) is 4.79 Å². The third-order valence-corrected chi connectivity index (χ3v) is 2.36. The van der Waals surface area contributed by atoms with Gasteiger partial charge in [0.15, 0.2) is 6.10 Å². The van der Waals surface area contributed by atoms with Crippen LogP contribution in [0.3, 0.4) is 0 Å². The molecule has 0 aromatic heterocycles. The van der Waals surface area contributed by atoms with Crippen molar-refractivity contribution in [1.82, 2.24) is 0 Å². The van der Waals surface area contributed by atoms with Crippen LogP contribution in [0.1, 0.15) is 25.5 Å². The first-order valence-corrected chi connectivity index (χ1v) is 5.02. The van der Waals surface area contributed by atoms with Crippen molar-refractivity contribution in [2.24, 2.45) is 0 Å². The first-order chi connectivity index (χ1) is 6.99. The van der Waals surface area contributed by atoms with E-state index in [1.165, 1.54) is 0 Å². The van der Waals surface area contributed by atoms with Crippen LogP contribution in [0, 0.1) is 0 Å². The Morgan fingerprint density at radius 3 is 2.73 bits per heavy atom. The van der Waals surface area contributed by atoms with E-state index in [1.54, 1.807) is 26.0 Å². The predicted octanol–water partition coefficient (Wildman–Crippen LogP) is 2.64. The minimum Gasteiger partial charge on any atom is -0.463 e. The molecule has 0 spiro atoms. The number of hydrogen-bond donors (Lipinski definition) is 0. The van der Waals surface area contributed by atoms with Gasteiger partial charge in [-0.15, -0.1) is 0 Å². The van der Waals surface area contributed by atoms with Crippen molar-refractivity contribution < 1.29 is 14.3 Å². The second kappa shape index (κ2) is 3.51. The lowest BCUT2D eigenvalue weighted by Gasteiger charge is -2.36. The zero-order valence-electron chi connectivity index (χ0n) is 8.49. The number of ether oxygens (including phenoxy) is 2. The molecule has 1 aromatic carbocycles. The number of rotatable bonds is 1. The molecule has 1 aliphatic rings. The maximum absolute atomic E-state index is 11.2. The monoisotopic (exact) mass is 226 g/mol. The normalized spacial score (nSPS) is 22.7. The molecule has 0 aliphatic carbocycles. The molecule has 1 heterocycles. The molecule has 0 saturated heterocycles. The molecule has 15 heavy (non-hydrogen) atoms. The third-order valence-electron chi connectivity index (χ3n) is 2.17. The van der Waals surface area contributed by atoms with Crippen LogP contribution in [0.5, 0.6) is 5.75 Å². The van der Waals surface area contributed by atoms with E-state index in [0.29, 0.717) is 11.3 Å². The number of para-hydroxylation sites is 1. The molecule has 0 N–H and O–H groups in total. The lowest BCUT2D eigenvalue weighted by molar-refractivity contribution is -0.204. The van der Waals surface area contributed by atoms with Crippen molar-refractivity contribution in [3.8, 4) is 5.75 Å². The van der Waals surface area contributed by atoms with E-state index in [4.69, 9.17) is 21.1 Å². The molecule has 80 valence electrons. The molecule has 0 fully saturated rings. The molecule has 0 amide bonds. The fourth-order valence-corrected chi connectivity index (χ4v) is 1.76. The smallest absolute Gasteiger partial charge is 0.255 e. The Bertz CT molecular complexity index is 401. The van der Waals surface area contributed by atoms with Gasteiger partial charge >= 0.3 is 0 Å². The summed E-state index contributed by atoms with van der Waals surface area (Å²) in [6.45, 7) is 3.49. The highest BCUT2D eigenvalue weighted by Crippen LogP contribution is 2.39. The topological polar surface area (TPSA) is 35.5 Å². The average Bonchev–Trinajstić information content (AvgIpc) is 2.14. The minimum atomic E-state index is -0.830. The van der Waals surface area contributed by atoms with Gasteiger partial charge in [0.05, 0.1) is 0 Å². The van der Waals surface area contributed by atoms with Gasteiger partial charge in [0.2, 0.25) is 5.79 Å². The maximum atomic E-state index is 11.2. The highest BCUT2D eigenvalue weighted by Gasteiger charge is 2.37. The Balaban J connectivity index is 2.47. The second-order valence-corrected chi connectivity index (χ2v) is 4.21. The van der Waals surface area contributed by atoms with E-state index < -0.39 is 17.1 Å². The fraction of sp³-hybridized carbons (Fsp3) is 0.364. The van der Waals surface area contributed by atoms with E-state index in [1.807, 2.05) is 12.1 Å². The van der Waals surface area contributed by atoms with Crippen molar-refractivity contribution >= 4 is 16.8 Å². The van der Waals surface area contributed by atoms with E-state index in [2.05, 4.69) is 0 Å². The fourth-order valence-electron chi connectivity index (χ4n) is 1.59. The van der Waals surface area contributed by atoms with Crippen molar-refractivity contribution in [3.05, 3.63) is 29.8 Å². The summed E-state index contributed by atoms with van der Waals surface area (Å²) in [5.41, 5.74) is 0.678. The number of carbonyl (C=O) groups is 1. The summed E-state index contributed by atoms with van der Waals surface area (Å²) in [4.78, 5) is 11.2. The summed E-state index contributed by atoms with van der Waals surface area (Å²) in [5.74, 6) is -0.184. The summed E-state index contributed by atoms with van der Waals surface area (Å²) in [6, 6.07) is 7.23. The van der Waals surface area contributed by atoms with Gasteiger partial charge in [-0.05, 0) is 17.7 Å². The molecule has 2 rings (SSSR count). The number of benzene rings is 1. The number of carbonyl (C=O) groups excluding carboxylic acids is 1. The molecule has 4 heteroatoms. The standard InChI is InChI=1S/C11H11ClO3/c1-11(2)14-8-6-4-3-5-7(8)9(15-11)10(12)13/h3-6,9H,1-2H3. The third kappa shape index (κ3) is 1.98. The second-order valence-electron chi connectivity index (χ2n) is 3.84. The van der Waals surface area contributed by atoms with Crippen molar-refractivity contribution in [2.75, 3.05) is 0 Å². The van der Waals surface area contributed by atoms with Gasteiger partial charge in [-0.25, -0.2) is 0 Å². The van der Waals surface area contributed by atoms with Crippen LogP contribution in [0.15, 0.2) is 24.3 Å². The van der Waals surface area contributed by atoms with Crippen LogP contribution in [-0.2, 0) is 9.53 Å². The quantitative estimate of drug-likeness (QED) is 0.691. The highest BCUT2D eigenvalue weighted by atomic mass is 35.5. The maximum Gasteiger partial charge on any atom is 0.255 e. The van der Waals surface area contributed by atoms with Gasteiger partial charge in [0, 0.05) is 19.4 Å². The first-order valence-electron chi connectivity index (χ1n) is 4.65. The van der Waals surface area contributed by atoms with Crippen LogP contribution in [-0.4, -0.2) is 11.0 Å². The molecule has 0 radical (unpaired) electrons. The molecule has 1 atom stereocenters. The minimum absolute atomic E-state index is 0.529. The molecule has 3 nitrogen and oxygen atoms in total. The van der Waals surface area contributed by atoms with Crippen LogP contribution < -0.4 is 4.74 Å². The average molecular weight is 227 g/mol. The molecule has 0 saturated carbocycles. The lowest BCUT2D eigenvalue weighted by atomic mass is 10.1. The summed E-state index contributed by atoms with van der Waals surface area (Å²) >= 11 is 5.49. The van der Waals surface area contributed by atoms with E-state index in [0.717, 1.165) is 0 Å². The van der Waals surface area contributed by atoms with Crippen molar-refractivity contribution in [3.63, 3.8) is 0 Å². The Kier molecular flexibility index (Phi) is 2.44. The Hall–Kier alpha value is -1.06.